The Morgan fingerprint density at radius 2 is 1.76 bits per heavy atom. The molecular formula is C24H24N2O6S. The lowest BCUT2D eigenvalue weighted by molar-refractivity contribution is -0.121. The zero-order valence-corrected chi connectivity index (χ0v) is 18.8. The van der Waals surface area contributed by atoms with Crippen molar-refractivity contribution in [1.29, 1.82) is 0 Å². The first-order valence-corrected chi connectivity index (χ1v) is 11.6. The summed E-state index contributed by atoms with van der Waals surface area (Å²) >= 11 is 0. The fourth-order valence-corrected chi connectivity index (χ4v) is 4.03. The minimum absolute atomic E-state index is 0.0876. The van der Waals surface area contributed by atoms with E-state index in [0.29, 0.717) is 11.3 Å². The summed E-state index contributed by atoms with van der Waals surface area (Å²) in [5.74, 6) is -0.513. The standard InChI is InChI=1S/C24H24N2O6S/c1-31-24(28)21-11-9-20(10-12-21)16-25-23(27)18-26(17-22-8-5-14-32-22)33(29,30)15-13-19-6-3-2-4-7-19/h2-15H,16-18H2,1H3,(H,25,27)/b15-13+. The molecule has 1 N–H and O–H groups in total. The van der Waals surface area contributed by atoms with E-state index in [0.717, 1.165) is 20.8 Å². The van der Waals surface area contributed by atoms with Crippen LogP contribution in [0.2, 0.25) is 0 Å². The van der Waals surface area contributed by atoms with Crippen molar-refractivity contribution in [3.8, 4) is 0 Å². The van der Waals surface area contributed by atoms with Gasteiger partial charge in [-0.25, -0.2) is 13.2 Å². The number of hydrogen-bond donors (Lipinski definition) is 1. The number of ether oxygens (including phenoxy) is 1. The molecule has 0 aliphatic heterocycles. The van der Waals surface area contributed by atoms with Crippen molar-refractivity contribution in [2.24, 2.45) is 0 Å². The number of nitrogens with one attached hydrogen (secondary N) is 1. The lowest BCUT2D eigenvalue weighted by atomic mass is 10.1. The highest BCUT2D eigenvalue weighted by Crippen LogP contribution is 2.13. The SMILES string of the molecule is COC(=O)c1ccc(CNC(=O)CN(Cc2ccco2)S(=O)(=O)/C=C/c2ccccc2)cc1. The molecule has 0 atom stereocenters. The Hall–Kier alpha value is -3.69. The summed E-state index contributed by atoms with van der Waals surface area (Å²) in [7, 11) is -2.61. The zero-order chi connectivity index (χ0) is 23.7. The minimum Gasteiger partial charge on any atom is -0.468 e. The Labute approximate surface area is 192 Å². The fraction of sp³-hybridized carbons (Fsp3) is 0.167. The van der Waals surface area contributed by atoms with Gasteiger partial charge in [-0.2, -0.15) is 4.31 Å². The van der Waals surface area contributed by atoms with Crippen molar-refractivity contribution in [2.75, 3.05) is 13.7 Å². The Balaban J connectivity index is 1.67. The fourth-order valence-electron chi connectivity index (χ4n) is 2.92. The van der Waals surface area contributed by atoms with Crippen LogP contribution in [-0.2, 0) is 32.6 Å². The number of rotatable bonds is 10. The smallest absolute Gasteiger partial charge is 0.337 e. The van der Waals surface area contributed by atoms with Gasteiger partial charge in [-0.15, -0.1) is 0 Å². The molecule has 3 rings (SSSR count). The molecule has 9 heteroatoms. The van der Waals surface area contributed by atoms with Crippen LogP contribution in [0.4, 0.5) is 0 Å². The van der Waals surface area contributed by atoms with Gasteiger partial charge in [0.25, 0.3) is 0 Å². The lowest BCUT2D eigenvalue weighted by Crippen LogP contribution is -2.39. The topological polar surface area (TPSA) is 106 Å². The molecule has 0 aliphatic rings. The summed E-state index contributed by atoms with van der Waals surface area (Å²) in [5.41, 5.74) is 1.87. The summed E-state index contributed by atoms with van der Waals surface area (Å²) in [6.07, 6.45) is 2.92. The van der Waals surface area contributed by atoms with E-state index in [-0.39, 0.29) is 19.6 Å². The van der Waals surface area contributed by atoms with E-state index in [9.17, 15) is 18.0 Å². The number of furan rings is 1. The van der Waals surface area contributed by atoms with Crippen molar-refractivity contribution in [2.45, 2.75) is 13.1 Å². The minimum atomic E-state index is -3.91. The second-order valence-corrected chi connectivity index (χ2v) is 8.89. The second-order valence-electron chi connectivity index (χ2n) is 7.07. The molecule has 0 aliphatic carbocycles. The molecule has 1 amide bonds. The molecule has 8 nitrogen and oxygen atoms in total. The molecule has 2 aromatic carbocycles. The van der Waals surface area contributed by atoms with Crippen LogP contribution in [0.3, 0.4) is 0 Å². The first kappa shape index (κ1) is 24.0. The number of nitrogens with zero attached hydrogens (tertiary/aromatic N) is 1. The van der Waals surface area contributed by atoms with E-state index in [1.807, 2.05) is 6.07 Å². The van der Waals surface area contributed by atoms with Crippen molar-refractivity contribution >= 4 is 28.0 Å². The van der Waals surface area contributed by atoms with Gasteiger partial charge in [-0.05, 0) is 41.5 Å². The predicted octanol–water partition coefficient (Wildman–Crippen LogP) is 3.19. The van der Waals surface area contributed by atoms with Crippen LogP contribution in [0.5, 0.6) is 0 Å². The van der Waals surface area contributed by atoms with Crippen molar-refractivity contribution in [3.05, 3.63) is 101 Å². The molecular weight excluding hydrogens is 444 g/mol. The Bertz CT molecular complexity index is 1190. The van der Waals surface area contributed by atoms with Crippen molar-refractivity contribution in [3.63, 3.8) is 0 Å². The Morgan fingerprint density at radius 3 is 2.39 bits per heavy atom. The van der Waals surface area contributed by atoms with Crippen LogP contribution in [-0.4, -0.2) is 38.3 Å². The van der Waals surface area contributed by atoms with E-state index in [4.69, 9.17) is 4.42 Å². The summed E-state index contributed by atoms with van der Waals surface area (Å²) < 4.78 is 36.9. The van der Waals surface area contributed by atoms with Gasteiger partial charge in [0.2, 0.25) is 15.9 Å². The van der Waals surface area contributed by atoms with E-state index < -0.39 is 21.9 Å². The van der Waals surface area contributed by atoms with E-state index in [1.165, 1.54) is 19.4 Å². The molecule has 0 saturated heterocycles. The lowest BCUT2D eigenvalue weighted by Gasteiger charge is -2.19. The second kappa shape index (κ2) is 11.3. The Morgan fingerprint density at radius 1 is 1.03 bits per heavy atom. The number of carbonyl (C=O) groups is 2. The van der Waals surface area contributed by atoms with Gasteiger partial charge >= 0.3 is 5.97 Å². The first-order chi connectivity index (χ1) is 15.9. The summed E-state index contributed by atoms with van der Waals surface area (Å²) in [6, 6.07) is 18.9. The van der Waals surface area contributed by atoms with Crippen LogP contribution in [0, 0.1) is 0 Å². The van der Waals surface area contributed by atoms with Crippen LogP contribution in [0.1, 0.15) is 27.2 Å². The maximum Gasteiger partial charge on any atom is 0.337 e. The number of carbonyl (C=O) groups excluding carboxylic acids is 2. The molecule has 3 aromatic rings. The van der Waals surface area contributed by atoms with Gasteiger partial charge in [0.05, 0.1) is 32.0 Å². The largest absolute Gasteiger partial charge is 0.468 e. The predicted molar refractivity (Wildman–Crippen MR) is 123 cm³/mol. The number of sulfonamides is 1. The average Bonchev–Trinajstić information content (AvgIpc) is 3.35. The average molecular weight is 469 g/mol. The molecule has 0 spiro atoms. The molecule has 0 radical (unpaired) electrons. The van der Waals surface area contributed by atoms with Crippen LogP contribution >= 0.6 is 0 Å². The van der Waals surface area contributed by atoms with Gasteiger partial charge in [0, 0.05) is 12.0 Å². The molecule has 172 valence electrons. The summed E-state index contributed by atoms with van der Waals surface area (Å²) in [6.45, 7) is -0.299. The molecule has 1 aromatic heterocycles. The van der Waals surface area contributed by atoms with Crippen LogP contribution in [0.15, 0.2) is 82.8 Å². The number of benzene rings is 2. The van der Waals surface area contributed by atoms with Crippen LogP contribution in [0.25, 0.3) is 6.08 Å². The molecule has 1 heterocycles. The maximum absolute atomic E-state index is 12.9. The molecule has 0 bridgehead atoms. The van der Waals surface area contributed by atoms with Gasteiger partial charge in [0.15, 0.2) is 0 Å². The third-order valence-corrected chi connectivity index (χ3v) is 6.15. The van der Waals surface area contributed by atoms with E-state index in [1.54, 1.807) is 60.7 Å². The number of esters is 1. The molecule has 33 heavy (non-hydrogen) atoms. The van der Waals surface area contributed by atoms with E-state index in [2.05, 4.69) is 10.1 Å². The third-order valence-electron chi connectivity index (χ3n) is 4.69. The zero-order valence-electron chi connectivity index (χ0n) is 18.0. The number of methoxy groups -OCH3 is 1. The number of hydrogen-bond acceptors (Lipinski definition) is 6. The van der Waals surface area contributed by atoms with Crippen molar-refractivity contribution in [1.82, 2.24) is 9.62 Å². The van der Waals surface area contributed by atoms with Gasteiger partial charge in [0.1, 0.15) is 5.76 Å². The monoisotopic (exact) mass is 468 g/mol. The quantitative estimate of drug-likeness (QED) is 0.458. The van der Waals surface area contributed by atoms with Gasteiger partial charge in [-0.3, -0.25) is 4.79 Å². The summed E-state index contributed by atoms with van der Waals surface area (Å²) in [5, 5.41) is 3.78. The van der Waals surface area contributed by atoms with E-state index >= 15 is 0 Å². The normalized spacial score (nSPS) is 11.6. The highest BCUT2D eigenvalue weighted by Gasteiger charge is 2.23. The summed E-state index contributed by atoms with van der Waals surface area (Å²) in [4.78, 5) is 24.1. The van der Waals surface area contributed by atoms with Crippen molar-refractivity contribution < 1.29 is 27.2 Å². The highest BCUT2D eigenvalue weighted by molar-refractivity contribution is 7.92. The molecule has 0 saturated carbocycles. The van der Waals surface area contributed by atoms with Crippen LogP contribution < -0.4 is 5.32 Å². The highest BCUT2D eigenvalue weighted by atomic mass is 32.2. The maximum atomic E-state index is 12.9. The van der Waals surface area contributed by atoms with Gasteiger partial charge in [-0.1, -0.05) is 42.5 Å². The molecule has 0 fully saturated rings. The first-order valence-electron chi connectivity index (χ1n) is 10.1. The number of amides is 1. The molecule has 0 unspecified atom stereocenters. The Kier molecular flexibility index (Phi) is 8.17. The third kappa shape index (κ3) is 7.16. The van der Waals surface area contributed by atoms with Gasteiger partial charge < -0.3 is 14.5 Å².